The van der Waals surface area contributed by atoms with Crippen LogP contribution in [0, 0.1) is 0 Å². The molecule has 1 fully saturated rings. The van der Waals surface area contributed by atoms with E-state index in [1.807, 2.05) is 36.4 Å². The normalized spacial score (nSPS) is 16.6. The lowest BCUT2D eigenvalue weighted by molar-refractivity contribution is -0.170. The van der Waals surface area contributed by atoms with Gasteiger partial charge in [0.15, 0.2) is 0 Å². The first-order chi connectivity index (χ1) is 12.1. The average Bonchev–Trinajstić information content (AvgIpc) is 2.69. The zero-order valence-electron chi connectivity index (χ0n) is 14.6. The molecule has 0 amide bonds. The van der Waals surface area contributed by atoms with Crippen LogP contribution in [0.25, 0.3) is 0 Å². The Morgan fingerprint density at radius 2 is 1.52 bits per heavy atom. The molecule has 0 radical (unpaired) electrons. The number of carbonyl (C=O) groups is 1. The SMILES string of the molecule is [11CH3]CN1CCC(OC(=O)C(O)(c2ccccc2)c2ccccc2)CC1. The molecule has 2 aromatic rings. The summed E-state index contributed by atoms with van der Waals surface area (Å²) in [5, 5.41) is 11.4. The van der Waals surface area contributed by atoms with Crippen molar-refractivity contribution in [2.24, 2.45) is 0 Å². The van der Waals surface area contributed by atoms with Gasteiger partial charge in [0.2, 0.25) is 5.60 Å². The second-order valence-electron chi connectivity index (χ2n) is 6.48. The minimum atomic E-state index is -1.79. The van der Waals surface area contributed by atoms with Crippen LogP contribution in [0.3, 0.4) is 0 Å². The van der Waals surface area contributed by atoms with Crippen molar-refractivity contribution in [3.63, 3.8) is 0 Å². The summed E-state index contributed by atoms with van der Waals surface area (Å²) in [7, 11) is 0. The fourth-order valence-corrected chi connectivity index (χ4v) is 3.34. The highest BCUT2D eigenvalue weighted by Crippen LogP contribution is 2.32. The van der Waals surface area contributed by atoms with E-state index in [0.717, 1.165) is 32.5 Å². The van der Waals surface area contributed by atoms with E-state index in [1.165, 1.54) is 0 Å². The van der Waals surface area contributed by atoms with Gasteiger partial charge in [0, 0.05) is 13.1 Å². The molecule has 25 heavy (non-hydrogen) atoms. The number of rotatable bonds is 5. The lowest BCUT2D eigenvalue weighted by Crippen LogP contribution is -2.43. The Kier molecular flexibility index (Phi) is 5.51. The van der Waals surface area contributed by atoms with E-state index in [1.54, 1.807) is 24.3 Å². The number of hydrogen-bond donors (Lipinski definition) is 1. The Bertz CT molecular complexity index is 639. The van der Waals surface area contributed by atoms with Crippen LogP contribution in [0.1, 0.15) is 30.9 Å². The van der Waals surface area contributed by atoms with Crippen LogP contribution < -0.4 is 0 Å². The molecule has 1 aliphatic heterocycles. The van der Waals surface area contributed by atoms with Crippen LogP contribution in [0.4, 0.5) is 0 Å². The number of piperidine rings is 1. The van der Waals surface area contributed by atoms with Crippen molar-refractivity contribution < 1.29 is 14.6 Å². The van der Waals surface area contributed by atoms with E-state index in [2.05, 4.69) is 11.8 Å². The highest BCUT2D eigenvalue weighted by atomic mass is 16.6. The summed E-state index contributed by atoms with van der Waals surface area (Å²) >= 11 is 0. The van der Waals surface area contributed by atoms with Crippen molar-refractivity contribution in [3.05, 3.63) is 71.8 Å². The molecule has 0 bridgehead atoms. The predicted octanol–water partition coefficient (Wildman–Crippen LogP) is 2.95. The third-order valence-electron chi connectivity index (χ3n) is 4.93. The van der Waals surface area contributed by atoms with Crippen LogP contribution in [0.15, 0.2) is 60.7 Å². The molecule has 0 spiro atoms. The zero-order valence-corrected chi connectivity index (χ0v) is 14.6. The third kappa shape index (κ3) is 3.75. The molecule has 0 atom stereocenters. The highest BCUT2D eigenvalue weighted by molar-refractivity contribution is 5.85. The molecular weight excluding hydrogens is 313 g/mol. The maximum atomic E-state index is 13.0. The fraction of sp³-hybridized carbons (Fsp3) is 0.381. The van der Waals surface area contributed by atoms with Gasteiger partial charge in [0.1, 0.15) is 6.10 Å². The first-order valence-corrected chi connectivity index (χ1v) is 8.91. The van der Waals surface area contributed by atoms with Crippen molar-refractivity contribution in [2.75, 3.05) is 19.6 Å². The molecule has 1 heterocycles. The Balaban J connectivity index is 1.84. The number of benzene rings is 2. The molecule has 4 heteroatoms. The summed E-state index contributed by atoms with van der Waals surface area (Å²) in [5.74, 6) is -0.597. The van der Waals surface area contributed by atoms with Gasteiger partial charge >= 0.3 is 5.97 Å². The fourth-order valence-electron chi connectivity index (χ4n) is 3.34. The van der Waals surface area contributed by atoms with E-state index >= 15 is 0 Å². The minimum Gasteiger partial charge on any atom is -0.460 e. The average molecular weight is 338 g/mol. The maximum Gasteiger partial charge on any atom is 0.347 e. The van der Waals surface area contributed by atoms with Crippen LogP contribution in [-0.4, -0.2) is 41.7 Å². The third-order valence-corrected chi connectivity index (χ3v) is 4.93. The first kappa shape index (κ1) is 17.6. The molecule has 1 N–H and O–H groups in total. The molecule has 1 aliphatic rings. The van der Waals surface area contributed by atoms with Gasteiger partial charge in [-0.25, -0.2) is 4.79 Å². The van der Waals surface area contributed by atoms with Crippen molar-refractivity contribution in [2.45, 2.75) is 31.5 Å². The number of hydrogen-bond acceptors (Lipinski definition) is 4. The van der Waals surface area contributed by atoms with Crippen LogP contribution in [0.5, 0.6) is 0 Å². The smallest absolute Gasteiger partial charge is 0.347 e. The molecule has 132 valence electrons. The van der Waals surface area contributed by atoms with Gasteiger partial charge in [-0.1, -0.05) is 67.6 Å². The predicted molar refractivity (Wildman–Crippen MR) is 97.1 cm³/mol. The summed E-state index contributed by atoms with van der Waals surface area (Å²) in [6.45, 7) is 4.99. The van der Waals surface area contributed by atoms with Gasteiger partial charge in [-0.05, 0) is 30.5 Å². The van der Waals surface area contributed by atoms with E-state index in [0.29, 0.717) is 11.1 Å². The summed E-state index contributed by atoms with van der Waals surface area (Å²) in [6, 6.07) is 18.0. The number of ether oxygens (including phenoxy) is 1. The lowest BCUT2D eigenvalue weighted by atomic mass is 9.86. The van der Waals surface area contributed by atoms with Gasteiger partial charge in [0.05, 0.1) is 0 Å². The van der Waals surface area contributed by atoms with Crippen LogP contribution in [0.2, 0.25) is 0 Å². The van der Waals surface area contributed by atoms with E-state index in [4.69, 9.17) is 4.74 Å². The summed E-state index contributed by atoms with van der Waals surface area (Å²) in [5.41, 5.74) is -0.737. The standard InChI is InChI=1S/C21H25NO3/c1-2-22-15-13-19(14-16-22)25-20(23)21(24,17-9-5-3-6-10-17)18-11-7-4-8-12-18/h3-12,19,24H,2,13-16H2,1H3/i1-1. The maximum absolute atomic E-state index is 13.0. The first-order valence-electron chi connectivity index (χ1n) is 8.91. The van der Waals surface area contributed by atoms with Gasteiger partial charge in [-0.15, -0.1) is 0 Å². The van der Waals surface area contributed by atoms with Crippen LogP contribution >= 0.6 is 0 Å². The monoisotopic (exact) mass is 338 g/mol. The molecule has 0 aromatic heterocycles. The van der Waals surface area contributed by atoms with Crippen LogP contribution in [-0.2, 0) is 15.1 Å². The second kappa shape index (κ2) is 7.81. The Hall–Kier alpha value is -2.17. The van der Waals surface area contributed by atoms with Crippen molar-refractivity contribution in [1.29, 1.82) is 0 Å². The van der Waals surface area contributed by atoms with Gasteiger partial charge in [-0.3, -0.25) is 0 Å². The topological polar surface area (TPSA) is 49.8 Å². The zero-order chi connectivity index (χ0) is 17.7. The van der Waals surface area contributed by atoms with E-state index in [-0.39, 0.29) is 6.10 Å². The minimum absolute atomic E-state index is 0.144. The van der Waals surface area contributed by atoms with Crippen molar-refractivity contribution >= 4 is 5.97 Å². The number of esters is 1. The molecule has 0 aliphatic carbocycles. The Morgan fingerprint density at radius 1 is 1.04 bits per heavy atom. The summed E-state index contributed by atoms with van der Waals surface area (Å²) < 4.78 is 5.74. The lowest BCUT2D eigenvalue weighted by Gasteiger charge is -2.33. The number of nitrogens with zero attached hydrogens (tertiary/aromatic N) is 1. The molecule has 4 nitrogen and oxygen atoms in total. The number of aliphatic hydroxyl groups is 1. The molecule has 0 saturated carbocycles. The molecular formula is C21H25NO3. The second-order valence-corrected chi connectivity index (χ2v) is 6.48. The molecule has 1 saturated heterocycles. The van der Waals surface area contributed by atoms with E-state index in [9.17, 15) is 9.90 Å². The molecule has 0 unspecified atom stereocenters. The molecule has 2 aromatic carbocycles. The molecule has 3 rings (SSSR count). The van der Waals surface area contributed by atoms with Crippen molar-refractivity contribution in [1.82, 2.24) is 4.90 Å². The number of likely N-dealkylation sites (tertiary alicyclic amines) is 1. The van der Waals surface area contributed by atoms with E-state index < -0.39 is 11.6 Å². The van der Waals surface area contributed by atoms with Gasteiger partial charge < -0.3 is 14.7 Å². The summed E-state index contributed by atoms with van der Waals surface area (Å²) in [4.78, 5) is 15.3. The summed E-state index contributed by atoms with van der Waals surface area (Å²) in [6.07, 6.45) is 1.47. The van der Waals surface area contributed by atoms with Gasteiger partial charge in [-0.2, -0.15) is 0 Å². The quantitative estimate of drug-likeness (QED) is 0.852. The van der Waals surface area contributed by atoms with Gasteiger partial charge in [0.25, 0.3) is 0 Å². The van der Waals surface area contributed by atoms with Crippen molar-refractivity contribution in [3.8, 4) is 0 Å². The largest absolute Gasteiger partial charge is 0.460 e. The number of carbonyl (C=O) groups excluding carboxylic acids is 1. The highest BCUT2D eigenvalue weighted by Gasteiger charge is 2.42. The Labute approximate surface area is 149 Å². The Morgan fingerprint density at radius 3 is 1.96 bits per heavy atom.